The van der Waals surface area contributed by atoms with Crippen molar-refractivity contribution in [3.8, 4) is 12.3 Å². The molecule has 290 valence electrons. The number of esters is 3. The Morgan fingerprint density at radius 3 is 2.19 bits per heavy atom. The number of allylic oxidation sites excluding steroid dienone is 4. The van der Waals surface area contributed by atoms with Gasteiger partial charge in [0.05, 0.1) is 11.8 Å². The molecule has 1 aromatic carbocycles. The van der Waals surface area contributed by atoms with Crippen molar-refractivity contribution in [2.75, 3.05) is 0 Å². The molecule has 1 heterocycles. The van der Waals surface area contributed by atoms with Crippen LogP contribution < -0.4 is 0 Å². The Hall–Kier alpha value is -4.08. The van der Waals surface area contributed by atoms with Crippen LogP contribution in [0.3, 0.4) is 0 Å². The van der Waals surface area contributed by atoms with Crippen LogP contribution in [-0.4, -0.2) is 71.0 Å². The smallest absolute Gasteiger partial charge is 0.336 e. The zero-order chi connectivity index (χ0) is 38.7. The number of hydrogen-bond acceptors (Lipinski definition) is 10. The van der Waals surface area contributed by atoms with Crippen molar-refractivity contribution in [3.63, 3.8) is 0 Å². The molecule has 5 aliphatic carbocycles. The molecule has 0 bridgehead atoms. The second-order valence-corrected chi connectivity index (χ2v) is 16.2. The monoisotopic (exact) mass is 749 g/mol. The molecule has 1 N–H and O–H groups in total. The Morgan fingerprint density at radius 1 is 0.926 bits per heavy atom. The molecule has 1 saturated heterocycles. The van der Waals surface area contributed by atoms with Gasteiger partial charge in [-0.25, -0.2) is 0 Å². The first-order chi connectivity index (χ1) is 25.6. The fourth-order valence-corrected chi connectivity index (χ4v) is 10.3. The Morgan fingerprint density at radius 2 is 1.56 bits per heavy atom. The molecule has 1 aromatic rings. The molecule has 6 aliphatic rings. The van der Waals surface area contributed by atoms with E-state index in [-0.39, 0.29) is 24.2 Å². The van der Waals surface area contributed by atoms with Gasteiger partial charge in [-0.1, -0.05) is 41.9 Å². The van der Waals surface area contributed by atoms with E-state index in [1.165, 1.54) is 50.3 Å². The molecule has 10 nitrogen and oxygen atoms in total. The van der Waals surface area contributed by atoms with Crippen LogP contribution in [0.1, 0.15) is 115 Å². The summed E-state index contributed by atoms with van der Waals surface area (Å²) in [6.07, 6.45) is 7.44. The summed E-state index contributed by atoms with van der Waals surface area (Å²) < 4.78 is 53.4. The Labute approximate surface area is 314 Å². The van der Waals surface area contributed by atoms with E-state index in [0.29, 0.717) is 43.7 Å². The lowest BCUT2D eigenvalue weighted by Crippen LogP contribution is -2.60. The lowest BCUT2D eigenvalue weighted by molar-refractivity contribution is -0.301. The molecule has 0 spiro atoms. The number of fused-ring (bicyclic) bond motifs is 4. The SMILES string of the molecule is C#CC(F)(F)[C@]1(O)CC[C@H]2[C@@H]3CCC4=C/C(=N/O[C@@H]5O[C@@H](C)[C@@H](OC(C)=O)[C@@H](OC(C)=O)[C@@H]5OC(C)=O)CCC4=C3[C@@H](c3ccc(C4CC4)cc3)C[C@@]21C. The van der Waals surface area contributed by atoms with E-state index < -0.39 is 65.6 Å². The number of carbonyl (C=O) groups is 3. The number of hydrogen-bond donors (Lipinski definition) is 1. The predicted molar refractivity (Wildman–Crippen MR) is 192 cm³/mol. The molecule has 0 unspecified atom stereocenters. The van der Waals surface area contributed by atoms with Gasteiger partial charge in [0.15, 0.2) is 12.2 Å². The first-order valence-electron chi connectivity index (χ1n) is 19.1. The second kappa shape index (κ2) is 14.2. The molecule has 0 radical (unpaired) electrons. The number of ether oxygens (including phenoxy) is 4. The number of oxime groups is 1. The summed E-state index contributed by atoms with van der Waals surface area (Å²) in [6, 6.07) is 8.61. The fraction of sp³-hybridized carbons (Fsp3) is 0.619. The van der Waals surface area contributed by atoms with Gasteiger partial charge in [-0.2, -0.15) is 8.78 Å². The molecule has 0 amide bonds. The van der Waals surface area contributed by atoms with E-state index >= 15 is 8.78 Å². The summed E-state index contributed by atoms with van der Waals surface area (Å²) in [5, 5.41) is 16.3. The lowest BCUT2D eigenvalue weighted by atomic mass is 9.50. The minimum absolute atomic E-state index is 0.00587. The van der Waals surface area contributed by atoms with Gasteiger partial charge < -0.3 is 28.9 Å². The van der Waals surface area contributed by atoms with Crippen LogP contribution in [0.15, 0.2) is 52.2 Å². The van der Waals surface area contributed by atoms with Crippen LogP contribution >= 0.6 is 0 Å². The van der Waals surface area contributed by atoms with E-state index in [1.807, 2.05) is 13.0 Å². The van der Waals surface area contributed by atoms with Gasteiger partial charge in [0.25, 0.3) is 6.29 Å². The number of aliphatic hydroxyl groups is 1. The van der Waals surface area contributed by atoms with Crippen LogP contribution in [-0.2, 0) is 38.2 Å². The summed E-state index contributed by atoms with van der Waals surface area (Å²) in [6.45, 7) is 7.06. The minimum atomic E-state index is -3.66. The van der Waals surface area contributed by atoms with E-state index in [9.17, 15) is 19.5 Å². The van der Waals surface area contributed by atoms with Crippen molar-refractivity contribution >= 4 is 23.6 Å². The fourth-order valence-electron chi connectivity index (χ4n) is 10.3. The Bertz CT molecular complexity index is 1830. The van der Waals surface area contributed by atoms with Crippen molar-refractivity contribution in [2.45, 2.75) is 146 Å². The van der Waals surface area contributed by atoms with E-state index in [1.54, 1.807) is 12.8 Å². The molecule has 1 aliphatic heterocycles. The highest BCUT2D eigenvalue weighted by atomic mass is 19.3. The van der Waals surface area contributed by atoms with Crippen LogP contribution in [0.25, 0.3) is 0 Å². The number of benzene rings is 1. The molecular formula is C42H49F2NO9. The molecule has 3 saturated carbocycles. The van der Waals surface area contributed by atoms with Gasteiger partial charge in [-0.05, 0) is 117 Å². The van der Waals surface area contributed by atoms with Crippen LogP contribution in [0.5, 0.6) is 0 Å². The van der Waals surface area contributed by atoms with Gasteiger partial charge in [-0.3, -0.25) is 14.4 Å². The maximum absolute atomic E-state index is 15.5. The number of rotatable bonds is 8. The molecule has 12 heteroatoms. The minimum Gasteiger partial charge on any atom is -0.456 e. The van der Waals surface area contributed by atoms with Crippen molar-refractivity contribution in [1.29, 1.82) is 0 Å². The topological polar surface area (TPSA) is 130 Å². The lowest BCUT2D eigenvalue weighted by Gasteiger charge is -2.55. The maximum atomic E-state index is 15.5. The highest BCUT2D eigenvalue weighted by Crippen LogP contribution is 2.69. The van der Waals surface area contributed by atoms with E-state index in [0.717, 1.165) is 17.6 Å². The van der Waals surface area contributed by atoms with Gasteiger partial charge >= 0.3 is 23.8 Å². The first-order valence-corrected chi connectivity index (χ1v) is 19.1. The second-order valence-electron chi connectivity index (χ2n) is 16.2. The molecular weight excluding hydrogens is 700 g/mol. The molecule has 0 aromatic heterocycles. The molecule has 4 fully saturated rings. The zero-order valence-electron chi connectivity index (χ0n) is 31.4. The summed E-state index contributed by atoms with van der Waals surface area (Å²) >= 11 is 0. The number of carbonyl (C=O) groups excluding carboxylic acids is 3. The standard InChI is InChI=1S/C42H49F2NO9/c1-7-42(43,44)41(49)19-18-34-32-16-14-29-20-30(45-54-39-38(53-25(5)48)37(52-24(4)47)36(22(2)50-39)51-23(3)46)15-17-31(29)35(32)33(21-40(34,41)6)28-12-10-27(11-13-28)26-8-9-26/h1,10-13,20,22,26,32-34,36-39,49H,8-9,14-19,21H2,2-6H3/b45-30+/t22-,32-,33+,34-,36+,37+,38-,39-,40-,41-/m0/s1. The number of alkyl halides is 2. The highest BCUT2D eigenvalue weighted by molar-refractivity contribution is 5.97. The average molecular weight is 750 g/mol. The van der Waals surface area contributed by atoms with Gasteiger partial charge in [0.2, 0.25) is 6.10 Å². The zero-order valence-corrected chi connectivity index (χ0v) is 31.4. The van der Waals surface area contributed by atoms with Crippen molar-refractivity contribution in [3.05, 3.63) is 58.2 Å². The molecule has 10 atom stereocenters. The highest BCUT2D eigenvalue weighted by Gasteiger charge is 2.71. The first kappa shape index (κ1) is 38.2. The Kier molecular flexibility index (Phi) is 10.1. The summed E-state index contributed by atoms with van der Waals surface area (Å²) in [5.41, 5.74) is 3.15. The summed E-state index contributed by atoms with van der Waals surface area (Å²) in [7, 11) is 0. The number of nitrogens with zero attached hydrogens (tertiary/aromatic N) is 1. The third kappa shape index (κ3) is 6.65. The van der Waals surface area contributed by atoms with Crippen molar-refractivity contribution in [2.24, 2.45) is 22.4 Å². The summed E-state index contributed by atoms with van der Waals surface area (Å²) in [5.74, 6) is -3.75. The predicted octanol–water partition coefficient (Wildman–Crippen LogP) is 6.81. The largest absolute Gasteiger partial charge is 0.456 e. The third-order valence-electron chi connectivity index (χ3n) is 12.9. The van der Waals surface area contributed by atoms with Crippen LogP contribution in [0.4, 0.5) is 8.78 Å². The number of terminal acetylenes is 1. The van der Waals surface area contributed by atoms with Crippen LogP contribution in [0, 0.1) is 29.6 Å². The van der Waals surface area contributed by atoms with Crippen molar-refractivity contribution in [1.82, 2.24) is 0 Å². The van der Waals surface area contributed by atoms with Gasteiger partial charge in [0.1, 0.15) is 5.60 Å². The average Bonchev–Trinajstić information content (AvgIpc) is 3.93. The maximum Gasteiger partial charge on any atom is 0.336 e. The quantitative estimate of drug-likeness (QED) is 0.132. The molecule has 54 heavy (non-hydrogen) atoms. The Balaban J connectivity index is 1.21. The van der Waals surface area contributed by atoms with Gasteiger partial charge in [-0.15, -0.1) is 6.42 Å². The third-order valence-corrected chi connectivity index (χ3v) is 12.9. The van der Waals surface area contributed by atoms with Gasteiger partial charge in [0, 0.05) is 32.1 Å². The molecule has 7 rings (SSSR count). The normalized spacial score (nSPS) is 36.9. The van der Waals surface area contributed by atoms with E-state index in [4.69, 9.17) is 30.2 Å². The summed E-state index contributed by atoms with van der Waals surface area (Å²) in [4.78, 5) is 42.0. The number of halogens is 2. The van der Waals surface area contributed by atoms with E-state index in [2.05, 4.69) is 29.4 Å². The van der Waals surface area contributed by atoms with Crippen LogP contribution in [0.2, 0.25) is 0 Å². The van der Waals surface area contributed by atoms with Crippen molar-refractivity contribution < 1.29 is 52.1 Å².